The van der Waals surface area contributed by atoms with E-state index in [0.717, 1.165) is 36.5 Å². The number of nitrogens with zero attached hydrogens (tertiary/aromatic N) is 2. The molecular weight excluding hydrogens is 232 g/mol. The number of aryl methyl sites for hydroxylation is 3. The fourth-order valence-corrected chi connectivity index (χ4v) is 2.50. The van der Waals surface area contributed by atoms with E-state index in [1.165, 1.54) is 4.88 Å². The smallest absolute Gasteiger partial charge is 0.222 e. The fourth-order valence-electron chi connectivity index (χ4n) is 1.57. The Balaban J connectivity index is 2.37. The van der Waals surface area contributed by atoms with Gasteiger partial charge in [-0.05, 0) is 20.3 Å². The third-order valence-electron chi connectivity index (χ3n) is 2.90. The van der Waals surface area contributed by atoms with Crippen molar-refractivity contribution in [2.45, 2.75) is 46.5 Å². The Morgan fingerprint density at radius 3 is 2.65 bits per heavy atom. The first kappa shape index (κ1) is 14.2. The maximum absolute atomic E-state index is 11.8. The molecule has 1 rings (SSSR count). The van der Waals surface area contributed by atoms with Gasteiger partial charge in [-0.1, -0.05) is 13.3 Å². The first-order valence-corrected chi connectivity index (χ1v) is 7.03. The molecule has 0 bridgehead atoms. The zero-order valence-electron chi connectivity index (χ0n) is 11.2. The second-order valence-corrected chi connectivity index (χ2v) is 5.71. The summed E-state index contributed by atoms with van der Waals surface area (Å²) in [6, 6.07) is 0. The Kier molecular flexibility index (Phi) is 5.62. The zero-order chi connectivity index (χ0) is 12.8. The monoisotopic (exact) mass is 254 g/mol. The number of thiazole rings is 1. The van der Waals surface area contributed by atoms with Gasteiger partial charge in [-0.25, -0.2) is 4.98 Å². The molecule has 1 heterocycles. The van der Waals surface area contributed by atoms with Crippen LogP contribution in [-0.2, 0) is 11.2 Å². The van der Waals surface area contributed by atoms with E-state index in [-0.39, 0.29) is 5.91 Å². The molecule has 0 unspecified atom stereocenters. The molecule has 1 amide bonds. The summed E-state index contributed by atoms with van der Waals surface area (Å²) in [4.78, 5) is 19.4. The van der Waals surface area contributed by atoms with E-state index in [1.54, 1.807) is 11.3 Å². The molecule has 0 radical (unpaired) electrons. The van der Waals surface area contributed by atoms with Crippen LogP contribution in [0.15, 0.2) is 0 Å². The molecule has 0 aliphatic heterocycles. The largest absolute Gasteiger partial charge is 0.346 e. The van der Waals surface area contributed by atoms with E-state index in [4.69, 9.17) is 0 Å². The van der Waals surface area contributed by atoms with Crippen molar-refractivity contribution in [2.75, 3.05) is 13.6 Å². The number of carbonyl (C=O) groups is 1. The second-order valence-electron chi connectivity index (χ2n) is 4.42. The van der Waals surface area contributed by atoms with Crippen molar-refractivity contribution in [1.29, 1.82) is 0 Å². The van der Waals surface area contributed by atoms with Gasteiger partial charge in [0, 0.05) is 31.3 Å². The molecule has 0 saturated heterocycles. The minimum atomic E-state index is 0.226. The predicted octanol–water partition coefficient (Wildman–Crippen LogP) is 2.95. The molecule has 1 aromatic rings. The molecule has 1 aromatic heterocycles. The molecule has 17 heavy (non-hydrogen) atoms. The van der Waals surface area contributed by atoms with Gasteiger partial charge in [-0.2, -0.15) is 0 Å². The Labute approximate surface area is 108 Å². The number of rotatable bonds is 6. The molecule has 0 N–H and O–H groups in total. The van der Waals surface area contributed by atoms with Crippen molar-refractivity contribution in [3.8, 4) is 0 Å². The van der Waals surface area contributed by atoms with E-state index in [0.29, 0.717) is 6.42 Å². The quantitative estimate of drug-likeness (QED) is 0.782. The number of amides is 1. The highest BCUT2D eigenvalue weighted by Crippen LogP contribution is 2.17. The van der Waals surface area contributed by atoms with Crippen LogP contribution in [0, 0.1) is 13.8 Å². The molecule has 0 aliphatic rings. The minimum absolute atomic E-state index is 0.226. The number of hydrogen-bond donors (Lipinski definition) is 0. The van der Waals surface area contributed by atoms with E-state index >= 15 is 0 Å². The van der Waals surface area contributed by atoms with Crippen LogP contribution in [0.2, 0.25) is 0 Å². The molecule has 0 atom stereocenters. The van der Waals surface area contributed by atoms with Gasteiger partial charge in [0.25, 0.3) is 0 Å². The molecule has 0 spiro atoms. The van der Waals surface area contributed by atoms with E-state index in [1.807, 2.05) is 18.9 Å². The summed E-state index contributed by atoms with van der Waals surface area (Å²) in [5.74, 6) is 0.226. The molecule has 96 valence electrons. The standard InChI is InChI=1S/C13H22N2OS/c1-5-6-9-15(4)13(16)8-7-12-14-10(2)11(3)17-12/h5-9H2,1-4H3. The van der Waals surface area contributed by atoms with Gasteiger partial charge in [-0.3, -0.25) is 4.79 Å². The van der Waals surface area contributed by atoms with Crippen molar-refractivity contribution < 1.29 is 4.79 Å². The average Bonchev–Trinajstić information content (AvgIpc) is 2.62. The number of aromatic nitrogens is 1. The Morgan fingerprint density at radius 1 is 1.41 bits per heavy atom. The predicted molar refractivity (Wildman–Crippen MR) is 72.5 cm³/mol. The lowest BCUT2D eigenvalue weighted by Gasteiger charge is -2.16. The summed E-state index contributed by atoms with van der Waals surface area (Å²) in [5, 5.41) is 1.08. The maximum Gasteiger partial charge on any atom is 0.222 e. The Morgan fingerprint density at radius 2 is 2.12 bits per heavy atom. The lowest BCUT2D eigenvalue weighted by molar-refractivity contribution is -0.129. The van der Waals surface area contributed by atoms with Gasteiger partial charge < -0.3 is 4.90 Å². The highest BCUT2D eigenvalue weighted by molar-refractivity contribution is 7.11. The highest BCUT2D eigenvalue weighted by Gasteiger charge is 2.10. The number of unbranched alkanes of at least 4 members (excludes halogenated alkanes) is 1. The third kappa shape index (κ3) is 4.46. The zero-order valence-corrected chi connectivity index (χ0v) is 12.1. The first-order valence-electron chi connectivity index (χ1n) is 6.21. The van der Waals surface area contributed by atoms with E-state index in [9.17, 15) is 4.79 Å². The lowest BCUT2D eigenvalue weighted by atomic mass is 10.2. The average molecular weight is 254 g/mol. The summed E-state index contributed by atoms with van der Waals surface area (Å²) in [6.45, 7) is 7.10. The fraction of sp³-hybridized carbons (Fsp3) is 0.692. The van der Waals surface area contributed by atoms with Crippen molar-refractivity contribution in [3.63, 3.8) is 0 Å². The normalized spacial score (nSPS) is 10.6. The van der Waals surface area contributed by atoms with Crippen molar-refractivity contribution in [1.82, 2.24) is 9.88 Å². The van der Waals surface area contributed by atoms with Gasteiger partial charge in [0.05, 0.1) is 10.7 Å². The number of hydrogen-bond acceptors (Lipinski definition) is 3. The SMILES string of the molecule is CCCCN(C)C(=O)CCc1nc(C)c(C)s1. The summed E-state index contributed by atoms with van der Waals surface area (Å²) >= 11 is 1.70. The summed E-state index contributed by atoms with van der Waals surface area (Å²) in [6.07, 6.45) is 3.56. The molecular formula is C13H22N2OS. The van der Waals surface area contributed by atoms with Gasteiger partial charge in [0.15, 0.2) is 0 Å². The topological polar surface area (TPSA) is 33.2 Å². The van der Waals surface area contributed by atoms with Crippen molar-refractivity contribution in [2.24, 2.45) is 0 Å². The van der Waals surface area contributed by atoms with Crippen LogP contribution in [-0.4, -0.2) is 29.4 Å². The van der Waals surface area contributed by atoms with Crippen LogP contribution in [0.3, 0.4) is 0 Å². The van der Waals surface area contributed by atoms with Crippen LogP contribution in [0.25, 0.3) is 0 Å². The van der Waals surface area contributed by atoms with Gasteiger partial charge in [0.2, 0.25) is 5.91 Å². The van der Waals surface area contributed by atoms with E-state index in [2.05, 4.69) is 18.8 Å². The van der Waals surface area contributed by atoms with Crippen LogP contribution < -0.4 is 0 Å². The van der Waals surface area contributed by atoms with Crippen LogP contribution in [0.5, 0.6) is 0 Å². The summed E-state index contributed by atoms with van der Waals surface area (Å²) < 4.78 is 0. The second kappa shape index (κ2) is 6.74. The lowest BCUT2D eigenvalue weighted by Crippen LogP contribution is -2.27. The summed E-state index contributed by atoms with van der Waals surface area (Å²) in [5.41, 5.74) is 1.09. The van der Waals surface area contributed by atoms with Crippen LogP contribution >= 0.6 is 11.3 Å². The van der Waals surface area contributed by atoms with Gasteiger partial charge in [0.1, 0.15) is 0 Å². The molecule has 0 aliphatic carbocycles. The van der Waals surface area contributed by atoms with Crippen LogP contribution in [0.1, 0.15) is 41.8 Å². The molecule has 0 aromatic carbocycles. The van der Waals surface area contributed by atoms with Crippen molar-refractivity contribution in [3.05, 3.63) is 15.6 Å². The minimum Gasteiger partial charge on any atom is -0.346 e. The molecule has 3 nitrogen and oxygen atoms in total. The van der Waals surface area contributed by atoms with E-state index < -0.39 is 0 Å². The Bertz CT molecular complexity index is 354. The molecule has 4 heteroatoms. The van der Waals surface area contributed by atoms with Crippen LogP contribution in [0.4, 0.5) is 0 Å². The number of carbonyl (C=O) groups excluding carboxylic acids is 1. The van der Waals surface area contributed by atoms with Crippen molar-refractivity contribution >= 4 is 17.2 Å². The summed E-state index contributed by atoms with van der Waals surface area (Å²) in [7, 11) is 1.89. The Hall–Kier alpha value is -0.900. The third-order valence-corrected chi connectivity index (χ3v) is 4.03. The highest BCUT2D eigenvalue weighted by atomic mass is 32.1. The first-order chi connectivity index (χ1) is 8.04. The maximum atomic E-state index is 11.8. The molecule has 0 saturated carbocycles. The van der Waals surface area contributed by atoms with Gasteiger partial charge in [-0.15, -0.1) is 11.3 Å². The van der Waals surface area contributed by atoms with Gasteiger partial charge >= 0.3 is 0 Å². The molecule has 0 fully saturated rings.